The van der Waals surface area contributed by atoms with Crippen LogP contribution < -0.4 is 21.5 Å². The molecule has 1 saturated heterocycles. The normalized spacial score (nSPS) is 15.8. The Labute approximate surface area is 273 Å². The Balaban J connectivity index is 1.32. The summed E-state index contributed by atoms with van der Waals surface area (Å²) in [7, 11) is 1.44. The molecule has 1 amide bonds. The maximum Gasteiger partial charge on any atom is 0.411 e. The third kappa shape index (κ3) is 6.08. The van der Waals surface area contributed by atoms with E-state index in [0.29, 0.717) is 10.9 Å². The minimum Gasteiger partial charge on any atom is -0.480 e. The molecule has 0 saturated carbocycles. The highest BCUT2D eigenvalue weighted by molar-refractivity contribution is 5.99. The van der Waals surface area contributed by atoms with Crippen LogP contribution in [0.1, 0.15) is 21.5 Å². The number of rotatable bonds is 7. The van der Waals surface area contributed by atoms with Crippen LogP contribution in [0.25, 0.3) is 27.6 Å². The number of carbonyl (C=O) groups is 2. The van der Waals surface area contributed by atoms with E-state index in [9.17, 15) is 37.5 Å². The summed E-state index contributed by atoms with van der Waals surface area (Å²) in [6, 6.07) is 4.52. The topological polar surface area (TPSA) is 162 Å². The Morgan fingerprint density at radius 3 is 2.63 bits per heavy atom. The molecule has 0 bridgehead atoms. The Kier molecular flexibility index (Phi) is 8.62. The average Bonchev–Trinajstić information content (AvgIpc) is 3.07. The number of pyridine rings is 1. The second kappa shape index (κ2) is 12.7. The number of aromatic nitrogens is 5. The summed E-state index contributed by atoms with van der Waals surface area (Å²) in [6.07, 6.45) is -1.05. The number of hydrogen-bond acceptors (Lipinski definition) is 9. The van der Waals surface area contributed by atoms with Crippen molar-refractivity contribution in [1.82, 2.24) is 29.4 Å². The summed E-state index contributed by atoms with van der Waals surface area (Å²) in [4.78, 5) is 65.6. The number of alkyl halides is 3. The molecular formula is C32H27F4N7O6. The zero-order valence-corrected chi connectivity index (χ0v) is 25.9. The number of nitrogens with zero attached hydrogens (tertiary/aromatic N) is 6. The number of nitrogens with one attached hydrogen (secondary N) is 1. The summed E-state index contributed by atoms with van der Waals surface area (Å²) in [5.41, 5.74) is -1.24. The van der Waals surface area contributed by atoms with Gasteiger partial charge in [0.2, 0.25) is 0 Å². The number of benzene rings is 2. The summed E-state index contributed by atoms with van der Waals surface area (Å²) in [6.45, 7) is 0.535. The van der Waals surface area contributed by atoms with Crippen LogP contribution in [0.4, 0.5) is 23.2 Å². The van der Waals surface area contributed by atoms with Crippen LogP contribution >= 0.6 is 0 Å². The largest absolute Gasteiger partial charge is 0.480 e. The molecule has 6 rings (SSSR count). The van der Waals surface area contributed by atoms with Gasteiger partial charge in [-0.05, 0) is 42.3 Å². The van der Waals surface area contributed by atoms with E-state index >= 15 is 4.39 Å². The Bertz CT molecular complexity index is 2230. The van der Waals surface area contributed by atoms with Crippen LogP contribution in [0.15, 0.2) is 64.7 Å². The van der Waals surface area contributed by atoms with Gasteiger partial charge < -0.3 is 20.1 Å². The van der Waals surface area contributed by atoms with Crippen molar-refractivity contribution in [2.75, 3.05) is 24.7 Å². The van der Waals surface area contributed by atoms with Gasteiger partial charge in [-0.15, -0.1) is 0 Å². The smallest absolute Gasteiger partial charge is 0.411 e. The standard InChI is InChI=1S/C32H27F4N7O6/c1-16-10-18(42-8-9-49-14-24(42)32(34,35)36)12-21(33)25(16)28(44)40-22(30(46)47)11-17-5-6-23(26-19(17)4-3-7-38-26)43-29(45)20-13-37-15-39-27(20)41(2)31(43)48/h3-7,10,12-13,15,22,24H,8-9,11,14H2,1-2H3,(H,40,44)(H,46,47). The molecule has 2 unspecified atom stereocenters. The number of morpholine rings is 1. The van der Waals surface area contributed by atoms with Crippen molar-refractivity contribution in [2.45, 2.75) is 31.6 Å². The number of ether oxygens (including phenoxy) is 1. The van der Waals surface area contributed by atoms with Gasteiger partial charge >= 0.3 is 17.8 Å². The maximum atomic E-state index is 15.4. The number of carbonyl (C=O) groups excluding carboxylic acids is 1. The van der Waals surface area contributed by atoms with Gasteiger partial charge in [-0.1, -0.05) is 12.1 Å². The average molecular weight is 682 g/mol. The number of carboxylic acids is 1. The van der Waals surface area contributed by atoms with Crippen LogP contribution in [-0.2, 0) is 23.0 Å². The molecule has 0 spiro atoms. The van der Waals surface area contributed by atoms with Crippen molar-refractivity contribution < 1.29 is 37.0 Å². The van der Waals surface area contributed by atoms with Crippen LogP contribution in [0.5, 0.6) is 0 Å². The molecule has 0 aliphatic carbocycles. The predicted molar refractivity (Wildman–Crippen MR) is 167 cm³/mol. The Hall–Kier alpha value is -5.71. The lowest BCUT2D eigenvalue weighted by molar-refractivity contribution is -0.167. The quantitative estimate of drug-likeness (QED) is 0.245. The number of hydrogen-bond donors (Lipinski definition) is 2. The molecule has 2 N–H and O–H groups in total. The van der Waals surface area contributed by atoms with Crippen LogP contribution in [0.3, 0.4) is 0 Å². The molecule has 4 heterocycles. The fourth-order valence-corrected chi connectivity index (χ4v) is 5.99. The van der Waals surface area contributed by atoms with E-state index in [1.54, 1.807) is 12.1 Å². The van der Waals surface area contributed by atoms with E-state index < -0.39 is 59.4 Å². The molecule has 49 heavy (non-hydrogen) atoms. The summed E-state index contributed by atoms with van der Waals surface area (Å²) >= 11 is 0. The molecule has 5 aromatic rings. The molecule has 2 aromatic carbocycles. The van der Waals surface area contributed by atoms with E-state index in [-0.39, 0.29) is 53.1 Å². The molecule has 254 valence electrons. The molecule has 17 heteroatoms. The third-order valence-corrected chi connectivity index (χ3v) is 8.36. The lowest BCUT2D eigenvalue weighted by Crippen LogP contribution is -2.53. The fourth-order valence-electron chi connectivity index (χ4n) is 5.99. The molecule has 3 aromatic heterocycles. The SMILES string of the molecule is Cc1cc(N2CCOCC2C(F)(F)F)cc(F)c1C(=O)NC(Cc1ccc(-n2c(=O)c3cncnc3n(C)c2=O)c2ncccc12)C(=O)O. The number of aliphatic carboxylic acids is 1. The highest BCUT2D eigenvalue weighted by Gasteiger charge is 2.45. The number of aryl methyl sites for hydroxylation is 2. The summed E-state index contributed by atoms with van der Waals surface area (Å²) in [5.74, 6) is -3.67. The van der Waals surface area contributed by atoms with Crippen molar-refractivity contribution in [3.8, 4) is 5.69 Å². The van der Waals surface area contributed by atoms with Crippen LogP contribution in [-0.4, -0.2) is 79.1 Å². The summed E-state index contributed by atoms with van der Waals surface area (Å²) in [5, 5.41) is 12.8. The third-order valence-electron chi connectivity index (χ3n) is 8.36. The lowest BCUT2D eigenvalue weighted by Gasteiger charge is -2.38. The molecular weight excluding hydrogens is 654 g/mol. The van der Waals surface area contributed by atoms with Gasteiger partial charge in [0.15, 0.2) is 5.65 Å². The molecule has 1 aliphatic heterocycles. The van der Waals surface area contributed by atoms with E-state index in [2.05, 4.69) is 20.3 Å². The first-order valence-electron chi connectivity index (χ1n) is 14.8. The number of carboxylic acid groups (broad SMARTS) is 1. The maximum absolute atomic E-state index is 15.4. The number of halogens is 4. The minimum atomic E-state index is -4.65. The summed E-state index contributed by atoms with van der Waals surface area (Å²) < 4.78 is 63.3. The highest BCUT2D eigenvalue weighted by Crippen LogP contribution is 2.33. The van der Waals surface area contributed by atoms with E-state index in [1.165, 1.54) is 55.5 Å². The highest BCUT2D eigenvalue weighted by atomic mass is 19.4. The minimum absolute atomic E-state index is 0.00383. The van der Waals surface area contributed by atoms with Gasteiger partial charge in [0, 0.05) is 43.5 Å². The van der Waals surface area contributed by atoms with Crippen molar-refractivity contribution in [1.29, 1.82) is 0 Å². The first kappa shape index (κ1) is 33.2. The fraction of sp³-hybridized carbons (Fsp3) is 0.281. The second-order valence-electron chi connectivity index (χ2n) is 11.4. The van der Waals surface area contributed by atoms with Gasteiger partial charge in [-0.25, -0.2) is 28.5 Å². The van der Waals surface area contributed by atoms with E-state index in [0.717, 1.165) is 15.5 Å². The monoisotopic (exact) mass is 681 g/mol. The first-order chi connectivity index (χ1) is 23.3. The zero-order chi connectivity index (χ0) is 35.2. The van der Waals surface area contributed by atoms with Crippen molar-refractivity contribution in [3.63, 3.8) is 0 Å². The number of fused-ring (bicyclic) bond motifs is 2. The second-order valence-corrected chi connectivity index (χ2v) is 11.4. The van der Waals surface area contributed by atoms with Gasteiger partial charge in [-0.2, -0.15) is 13.2 Å². The van der Waals surface area contributed by atoms with Gasteiger partial charge in [0.25, 0.3) is 11.5 Å². The van der Waals surface area contributed by atoms with Gasteiger partial charge in [0.1, 0.15) is 29.6 Å². The molecule has 1 fully saturated rings. The molecule has 1 aliphatic rings. The van der Waals surface area contributed by atoms with E-state index in [4.69, 9.17) is 4.74 Å². The zero-order valence-electron chi connectivity index (χ0n) is 25.9. The Morgan fingerprint density at radius 1 is 1.14 bits per heavy atom. The van der Waals surface area contributed by atoms with Crippen LogP contribution in [0.2, 0.25) is 0 Å². The molecule has 0 radical (unpaired) electrons. The number of anilines is 1. The van der Waals surface area contributed by atoms with Crippen molar-refractivity contribution >= 4 is 39.5 Å². The molecule has 2 atom stereocenters. The van der Waals surface area contributed by atoms with Gasteiger partial charge in [0.05, 0.1) is 30.0 Å². The lowest BCUT2D eigenvalue weighted by atomic mass is 9.99. The first-order valence-corrected chi connectivity index (χ1v) is 14.8. The van der Waals surface area contributed by atoms with Crippen molar-refractivity contribution in [2.24, 2.45) is 7.05 Å². The van der Waals surface area contributed by atoms with Crippen molar-refractivity contribution in [3.05, 3.63) is 98.5 Å². The Morgan fingerprint density at radius 2 is 1.92 bits per heavy atom. The number of amides is 1. The van der Waals surface area contributed by atoms with Gasteiger partial charge in [-0.3, -0.25) is 19.1 Å². The van der Waals surface area contributed by atoms with E-state index in [1.807, 2.05) is 0 Å². The predicted octanol–water partition coefficient (Wildman–Crippen LogP) is 2.67. The molecule has 13 nitrogen and oxygen atoms in total. The van der Waals surface area contributed by atoms with Crippen LogP contribution in [0, 0.1) is 12.7 Å².